The van der Waals surface area contributed by atoms with Crippen molar-refractivity contribution in [2.24, 2.45) is 0 Å². The minimum absolute atomic E-state index is 0.140. The van der Waals surface area contributed by atoms with Crippen LogP contribution in [0.3, 0.4) is 0 Å². The Bertz CT molecular complexity index is 1450. The van der Waals surface area contributed by atoms with Crippen molar-refractivity contribution in [3.8, 4) is 0 Å². The number of aldehydes is 1. The van der Waals surface area contributed by atoms with E-state index < -0.39 is 17.3 Å². The summed E-state index contributed by atoms with van der Waals surface area (Å²) < 4.78 is 29.5. The normalized spacial score (nSPS) is 18.2. The second-order valence-corrected chi connectivity index (χ2v) is 11.7. The number of hydrogen-bond donors (Lipinski definition) is 2. The number of halogens is 4. The molecule has 2 aliphatic rings. The van der Waals surface area contributed by atoms with E-state index in [0.29, 0.717) is 48.4 Å². The van der Waals surface area contributed by atoms with Crippen LogP contribution in [-0.2, 0) is 0 Å². The van der Waals surface area contributed by atoms with Gasteiger partial charge in [-0.1, -0.05) is 0 Å². The Morgan fingerprint density at radius 2 is 1.74 bits per heavy atom. The predicted octanol–water partition coefficient (Wildman–Crippen LogP) is 6.57. The number of aromatic nitrogens is 1. The van der Waals surface area contributed by atoms with Crippen LogP contribution in [0.5, 0.6) is 0 Å². The van der Waals surface area contributed by atoms with Crippen LogP contribution in [0, 0.1) is 11.6 Å². The van der Waals surface area contributed by atoms with Crippen molar-refractivity contribution in [1.82, 2.24) is 4.57 Å². The molecule has 184 valence electrons. The smallest absolute Gasteiger partial charge is 0.341 e. The number of pyridine rings is 1. The molecule has 2 aromatic carbocycles. The summed E-state index contributed by atoms with van der Waals surface area (Å²) in [6.07, 6.45) is 0.681. The van der Waals surface area contributed by atoms with Crippen molar-refractivity contribution in [3.63, 3.8) is 0 Å². The molecule has 1 aromatic heterocycles. The Labute approximate surface area is 224 Å². The maximum Gasteiger partial charge on any atom is 0.341 e. The van der Waals surface area contributed by atoms with E-state index in [1.54, 1.807) is 11.8 Å². The van der Waals surface area contributed by atoms with Gasteiger partial charge in [-0.15, -0.1) is 23.5 Å². The molecule has 3 aromatic rings. The predicted molar refractivity (Wildman–Crippen MR) is 142 cm³/mol. The van der Waals surface area contributed by atoms with Gasteiger partial charge in [0.2, 0.25) is 0 Å². The molecule has 0 bridgehead atoms. The first-order valence-electron chi connectivity index (χ1n) is 10.3. The summed E-state index contributed by atoms with van der Waals surface area (Å²) in [5.74, 6) is -0.688. The first kappa shape index (κ1) is 26.2. The maximum absolute atomic E-state index is 13.9. The van der Waals surface area contributed by atoms with Gasteiger partial charge < -0.3 is 15.0 Å². The third-order valence-electron chi connectivity index (χ3n) is 5.51. The van der Waals surface area contributed by atoms with E-state index in [1.165, 1.54) is 34.5 Å². The van der Waals surface area contributed by atoms with E-state index in [9.17, 15) is 23.2 Å². The number of nitrogens with zero attached hydrogens (tertiary/aromatic N) is 1. The molecule has 2 N–H and O–H groups in total. The van der Waals surface area contributed by atoms with Crippen molar-refractivity contribution < 1.29 is 23.5 Å². The Hall–Kier alpha value is -1.89. The molecule has 12 heteroatoms. The number of benzene rings is 2. The molecule has 3 heterocycles. The number of fused-ring (bicyclic) bond motifs is 1. The molecule has 0 aliphatic carbocycles. The van der Waals surface area contributed by atoms with Gasteiger partial charge in [-0.05, 0) is 63.9 Å². The fraction of sp³-hybridized carbons (Fsp3) is 0.261. The molecular weight excluding hydrogens is 630 g/mol. The van der Waals surface area contributed by atoms with Crippen LogP contribution < -0.4 is 10.9 Å². The zero-order valence-corrected chi connectivity index (χ0v) is 23.1. The zero-order valence-electron chi connectivity index (χ0n) is 18.3. The van der Waals surface area contributed by atoms with Crippen molar-refractivity contribution in [2.75, 3.05) is 16.8 Å². The van der Waals surface area contributed by atoms with Crippen LogP contribution in [0.2, 0.25) is 0 Å². The molecule has 0 saturated carbocycles. The molecule has 2 atom stereocenters. The monoisotopic (exact) mass is 646 g/mol. The molecule has 0 saturated heterocycles. The zero-order chi connectivity index (χ0) is 25.6. The third kappa shape index (κ3) is 4.77. The summed E-state index contributed by atoms with van der Waals surface area (Å²) in [4.78, 5) is 35.7. The lowest BCUT2D eigenvalue weighted by molar-refractivity contribution is 0.0694. The van der Waals surface area contributed by atoms with E-state index in [4.69, 9.17) is 5.11 Å². The molecule has 0 fully saturated rings. The topological polar surface area (TPSA) is 88.4 Å². The molecule has 35 heavy (non-hydrogen) atoms. The Morgan fingerprint density at radius 3 is 2.40 bits per heavy atom. The van der Waals surface area contributed by atoms with Crippen LogP contribution in [0.15, 0.2) is 41.7 Å². The Balaban J connectivity index is 0.000000172. The van der Waals surface area contributed by atoms with Crippen LogP contribution in [0.25, 0.3) is 10.9 Å². The number of aromatic carboxylic acids is 1. The number of anilines is 1. The van der Waals surface area contributed by atoms with E-state index in [0.717, 1.165) is 16.3 Å². The van der Waals surface area contributed by atoms with Gasteiger partial charge in [-0.25, -0.2) is 13.6 Å². The largest absolute Gasteiger partial charge is 0.477 e. The van der Waals surface area contributed by atoms with Crippen molar-refractivity contribution >= 4 is 84.2 Å². The average Bonchev–Trinajstić information content (AvgIpc) is 2.82. The highest BCUT2D eigenvalue weighted by molar-refractivity contribution is 9.10. The van der Waals surface area contributed by atoms with Crippen molar-refractivity contribution in [2.45, 2.75) is 35.7 Å². The quantitative estimate of drug-likeness (QED) is 0.304. The number of carbonyl (C=O) groups is 2. The molecular formula is C23H18Br2F2N2O4S2. The van der Waals surface area contributed by atoms with Gasteiger partial charge in [-0.3, -0.25) is 9.59 Å². The molecule has 2 aliphatic heterocycles. The number of carboxylic acids is 1. The van der Waals surface area contributed by atoms with Gasteiger partial charge in [0, 0.05) is 44.3 Å². The van der Waals surface area contributed by atoms with Gasteiger partial charge in [0.15, 0.2) is 6.29 Å². The summed E-state index contributed by atoms with van der Waals surface area (Å²) in [6.45, 7) is 3.88. The number of rotatable bonds is 2. The van der Waals surface area contributed by atoms with Crippen LogP contribution in [0.4, 0.5) is 14.5 Å². The summed E-state index contributed by atoms with van der Waals surface area (Å²) in [5.41, 5.74) is 0.838. The van der Waals surface area contributed by atoms with E-state index in [2.05, 4.69) is 37.2 Å². The Kier molecular flexibility index (Phi) is 7.65. The molecule has 5 rings (SSSR count). The maximum atomic E-state index is 13.9. The van der Waals surface area contributed by atoms with Gasteiger partial charge in [0.05, 0.1) is 20.1 Å². The average molecular weight is 648 g/mol. The minimum atomic E-state index is -1.30. The molecule has 0 radical (unpaired) electrons. The SMILES string of the molecule is C[C@H]1CSc2c(Br)c(F)cc(C=O)c2N1.C[C@H]1CSc2c(Br)c(F)cc3cc(C(=O)O)c(=O)n1c23. The first-order chi connectivity index (χ1) is 16.5. The highest BCUT2D eigenvalue weighted by atomic mass is 79.9. The second-order valence-electron chi connectivity index (χ2n) is 8.08. The molecule has 6 nitrogen and oxygen atoms in total. The lowest BCUT2D eigenvalue weighted by Crippen LogP contribution is -2.31. The van der Waals surface area contributed by atoms with Crippen LogP contribution in [0.1, 0.15) is 40.6 Å². The lowest BCUT2D eigenvalue weighted by Gasteiger charge is -2.26. The fourth-order valence-corrected chi connectivity index (χ4v) is 7.38. The van der Waals surface area contributed by atoms with Gasteiger partial charge in [0.25, 0.3) is 5.56 Å². The van der Waals surface area contributed by atoms with E-state index in [1.807, 2.05) is 13.8 Å². The van der Waals surface area contributed by atoms with E-state index >= 15 is 0 Å². The van der Waals surface area contributed by atoms with Crippen LogP contribution in [-0.4, -0.2) is 39.5 Å². The number of carboxylic acid groups (broad SMARTS) is 1. The van der Waals surface area contributed by atoms with Crippen molar-refractivity contribution in [1.29, 1.82) is 0 Å². The highest BCUT2D eigenvalue weighted by Crippen LogP contribution is 2.43. The summed E-state index contributed by atoms with van der Waals surface area (Å²) >= 11 is 9.41. The van der Waals surface area contributed by atoms with Crippen molar-refractivity contribution in [3.05, 3.63) is 60.3 Å². The Morgan fingerprint density at radius 1 is 1.11 bits per heavy atom. The lowest BCUT2D eigenvalue weighted by atomic mass is 10.1. The van der Waals surface area contributed by atoms with Gasteiger partial charge in [0.1, 0.15) is 17.2 Å². The number of thioether (sulfide) groups is 2. The number of carbonyl (C=O) groups excluding carboxylic acids is 1. The third-order valence-corrected chi connectivity index (χ3v) is 10.3. The van der Waals surface area contributed by atoms with Crippen LogP contribution >= 0.6 is 55.4 Å². The second kappa shape index (κ2) is 10.2. The van der Waals surface area contributed by atoms with E-state index in [-0.39, 0.29) is 17.4 Å². The first-order valence-corrected chi connectivity index (χ1v) is 13.9. The highest BCUT2D eigenvalue weighted by Gasteiger charge is 2.27. The summed E-state index contributed by atoms with van der Waals surface area (Å²) in [6, 6.07) is 3.90. The summed E-state index contributed by atoms with van der Waals surface area (Å²) in [5, 5.41) is 12.7. The van der Waals surface area contributed by atoms with Gasteiger partial charge >= 0.3 is 5.97 Å². The standard InChI is InChI=1S/C13H9BrFNO3S.C10H9BrFNOS/c1-5-4-20-11-9(14)8(15)3-6-2-7(13(18)19)12(17)16(5)10(6)11;1-5-4-15-10-8(11)7(12)2-6(3-14)9(10)13-5/h2-3,5H,4H2,1H3,(H,18,19);2-3,5,13H,4H2,1H3/t2*5-/m00/s1. The van der Waals surface area contributed by atoms with Gasteiger partial charge in [-0.2, -0.15) is 0 Å². The summed E-state index contributed by atoms with van der Waals surface area (Å²) in [7, 11) is 0. The molecule has 0 unspecified atom stereocenters. The number of hydrogen-bond acceptors (Lipinski definition) is 6. The molecule has 0 spiro atoms. The molecule has 0 amide bonds. The minimum Gasteiger partial charge on any atom is -0.477 e. The number of nitrogens with one attached hydrogen (secondary N) is 1. The fourth-order valence-electron chi connectivity index (χ4n) is 3.90.